The molecule has 0 aromatic carbocycles. The molecule has 0 radical (unpaired) electrons. The highest BCUT2D eigenvalue weighted by molar-refractivity contribution is 7.10. The number of rotatable bonds is 0. The van der Waals surface area contributed by atoms with Gasteiger partial charge in [0, 0.05) is 4.88 Å². The van der Waals surface area contributed by atoms with E-state index >= 15 is 0 Å². The number of thiophene rings is 1. The first-order chi connectivity index (χ1) is 4.79. The van der Waals surface area contributed by atoms with E-state index in [4.69, 9.17) is 0 Å². The van der Waals surface area contributed by atoms with Crippen molar-refractivity contribution in [3.8, 4) is 0 Å². The molecule has 52 valence electrons. The molecule has 1 aliphatic heterocycles. The number of nitrogens with one attached hydrogen (secondary N) is 1. The Morgan fingerprint density at radius 1 is 1.70 bits per heavy atom. The van der Waals surface area contributed by atoms with Gasteiger partial charge in [0.25, 0.3) is 5.91 Å². The summed E-state index contributed by atoms with van der Waals surface area (Å²) in [7, 11) is 0. The van der Waals surface area contributed by atoms with Crippen molar-refractivity contribution in [1.82, 2.24) is 5.32 Å². The minimum Gasteiger partial charge on any atom is -0.347 e. The van der Waals surface area contributed by atoms with Crippen molar-refractivity contribution in [2.24, 2.45) is 0 Å². The van der Waals surface area contributed by atoms with E-state index in [-0.39, 0.29) is 5.91 Å². The quantitative estimate of drug-likeness (QED) is 0.598. The molecule has 1 aromatic rings. The third kappa shape index (κ3) is 0.609. The lowest BCUT2D eigenvalue weighted by atomic mass is 10.2. The fourth-order valence-electron chi connectivity index (χ4n) is 1.18. The number of amides is 1. The summed E-state index contributed by atoms with van der Waals surface area (Å²) in [5, 5.41) is 4.81. The van der Waals surface area contributed by atoms with E-state index in [0.29, 0.717) is 0 Å². The van der Waals surface area contributed by atoms with Gasteiger partial charge in [0.1, 0.15) is 0 Å². The van der Waals surface area contributed by atoms with Gasteiger partial charge in [-0.05, 0) is 17.9 Å². The number of hydrogen-bond acceptors (Lipinski definition) is 2. The van der Waals surface area contributed by atoms with Gasteiger partial charge in [-0.3, -0.25) is 4.79 Å². The Morgan fingerprint density at radius 3 is 3.20 bits per heavy atom. The van der Waals surface area contributed by atoms with Gasteiger partial charge < -0.3 is 5.32 Å². The predicted molar refractivity (Wildman–Crippen MR) is 40.2 cm³/mol. The van der Waals surface area contributed by atoms with Crippen LogP contribution in [0, 0.1) is 6.92 Å². The maximum Gasteiger partial charge on any atom is 0.253 e. The molecule has 0 atom stereocenters. The second-order valence-corrected chi connectivity index (χ2v) is 3.36. The molecule has 0 fully saturated rings. The summed E-state index contributed by atoms with van der Waals surface area (Å²) >= 11 is 1.66. The van der Waals surface area contributed by atoms with Crippen molar-refractivity contribution in [1.29, 1.82) is 0 Å². The summed E-state index contributed by atoms with van der Waals surface area (Å²) < 4.78 is 0. The van der Waals surface area contributed by atoms with E-state index in [1.54, 1.807) is 11.3 Å². The number of fused-ring (bicyclic) bond motifs is 1. The molecule has 2 heterocycles. The Bertz CT molecular complexity index is 290. The molecule has 10 heavy (non-hydrogen) atoms. The van der Waals surface area contributed by atoms with Crippen molar-refractivity contribution < 1.29 is 4.79 Å². The Kier molecular flexibility index (Phi) is 1.08. The highest BCUT2D eigenvalue weighted by atomic mass is 32.1. The summed E-state index contributed by atoms with van der Waals surface area (Å²) in [6.07, 6.45) is 0. The smallest absolute Gasteiger partial charge is 0.253 e. The fraction of sp³-hybridized carbons (Fsp3) is 0.286. The van der Waals surface area contributed by atoms with Crippen LogP contribution in [-0.4, -0.2) is 5.91 Å². The van der Waals surface area contributed by atoms with E-state index < -0.39 is 0 Å². The van der Waals surface area contributed by atoms with Gasteiger partial charge >= 0.3 is 0 Å². The Hall–Kier alpha value is -0.830. The molecule has 2 rings (SSSR count). The molecule has 1 aromatic heterocycles. The summed E-state index contributed by atoms with van der Waals surface area (Å²) in [6, 6.07) is 0. The molecular weight excluding hydrogens is 146 g/mol. The van der Waals surface area contributed by atoms with Crippen molar-refractivity contribution in [3.63, 3.8) is 0 Å². The Balaban J connectivity index is 2.65. The number of aryl methyl sites for hydroxylation is 1. The van der Waals surface area contributed by atoms with Gasteiger partial charge in [-0.15, -0.1) is 11.3 Å². The predicted octanol–water partition coefficient (Wildman–Crippen LogP) is 1.30. The summed E-state index contributed by atoms with van der Waals surface area (Å²) in [5.74, 6) is 0.0914. The van der Waals surface area contributed by atoms with E-state index in [2.05, 4.69) is 5.32 Å². The van der Waals surface area contributed by atoms with Crippen molar-refractivity contribution in [2.45, 2.75) is 13.5 Å². The van der Waals surface area contributed by atoms with Gasteiger partial charge in [-0.25, -0.2) is 0 Å². The lowest BCUT2D eigenvalue weighted by Gasteiger charge is -1.88. The van der Waals surface area contributed by atoms with Crippen LogP contribution in [-0.2, 0) is 6.54 Å². The maximum absolute atomic E-state index is 11.0. The first-order valence-electron chi connectivity index (χ1n) is 3.14. The lowest BCUT2D eigenvalue weighted by Crippen LogP contribution is -2.13. The summed E-state index contributed by atoms with van der Waals surface area (Å²) in [5.41, 5.74) is 2.01. The highest BCUT2D eigenvalue weighted by Crippen LogP contribution is 2.25. The van der Waals surface area contributed by atoms with E-state index in [9.17, 15) is 4.79 Å². The molecule has 3 heteroatoms. The molecule has 1 aliphatic rings. The highest BCUT2D eigenvalue weighted by Gasteiger charge is 2.21. The van der Waals surface area contributed by atoms with Crippen LogP contribution in [0.1, 0.15) is 20.8 Å². The van der Waals surface area contributed by atoms with Crippen LogP contribution in [0.15, 0.2) is 5.38 Å². The normalized spacial score (nSPS) is 15.1. The van der Waals surface area contributed by atoms with Crippen molar-refractivity contribution >= 4 is 17.2 Å². The minimum absolute atomic E-state index is 0.0914. The second kappa shape index (κ2) is 1.83. The van der Waals surface area contributed by atoms with Gasteiger partial charge in [0.15, 0.2) is 0 Å². The lowest BCUT2D eigenvalue weighted by molar-refractivity contribution is 0.0965. The average molecular weight is 153 g/mol. The Morgan fingerprint density at radius 2 is 2.50 bits per heavy atom. The minimum atomic E-state index is 0.0914. The van der Waals surface area contributed by atoms with Crippen molar-refractivity contribution in [3.05, 3.63) is 21.4 Å². The topological polar surface area (TPSA) is 29.1 Å². The maximum atomic E-state index is 11.0. The molecule has 0 spiro atoms. The zero-order chi connectivity index (χ0) is 7.14. The van der Waals surface area contributed by atoms with Crippen LogP contribution >= 0.6 is 11.3 Å². The SMILES string of the molecule is Cc1csc2c1C(=O)NC2. The third-order valence-corrected chi connectivity index (χ3v) is 2.79. The largest absolute Gasteiger partial charge is 0.347 e. The molecular formula is C7H7NOS. The molecule has 0 saturated carbocycles. The van der Waals surface area contributed by atoms with Gasteiger partial charge in [-0.2, -0.15) is 0 Å². The van der Waals surface area contributed by atoms with Gasteiger partial charge in [-0.1, -0.05) is 0 Å². The summed E-state index contributed by atoms with van der Waals surface area (Å²) in [4.78, 5) is 12.2. The van der Waals surface area contributed by atoms with Crippen LogP contribution in [0.4, 0.5) is 0 Å². The first-order valence-corrected chi connectivity index (χ1v) is 4.02. The number of carbonyl (C=O) groups is 1. The van der Waals surface area contributed by atoms with Crippen LogP contribution in [0.3, 0.4) is 0 Å². The van der Waals surface area contributed by atoms with E-state index in [0.717, 1.165) is 17.7 Å². The molecule has 2 nitrogen and oxygen atoms in total. The zero-order valence-corrected chi connectivity index (χ0v) is 6.42. The number of carbonyl (C=O) groups excluding carboxylic acids is 1. The molecule has 0 unspecified atom stereocenters. The van der Waals surface area contributed by atoms with Crippen LogP contribution < -0.4 is 5.32 Å². The van der Waals surface area contributed by atoms with Crippen LogP contribution in [0.2, 0.25) is 0 Å². The molecule has 1 amide bonds. The molecule has 0 aliphatic carbocycles. The monoisotopic (exact) mass is 153 g/mol. The van der Waals surface area contributed by atoms with E-state index in [1.165, 1.54) is 4.88 Å². The summed E-state index contributed by atoms with van der Waals surface area (Å²) in [6.45, 7) is 2.70. The van der Waals surface area contributed by atoms with Gasteiger partial charge in [0.05, 0.1) is 12.1 Å². The molecule has 0 saturated heterocycles. The Labute approximate surface area is 62.9 Å². The fourth-order valence-corrected chi connectivity index (χ4v) is 2.15. The third-order valence-electron chi connectivity index (χ3n) is 1.69. The van der Waals surface area contributed by atoms with Crippen LogP contribution in [0.5, 0.6) is 0 Å². The zero-order valence-electron chi connectivity index (χ0n) is 5.60. The standard InChI is InChI=1S/C7H7NOS/c1-4-3-10-5-2-8-7(9)6(4)5/h3H,2H2,1H3,(H,8,9). The molecule has 0 bridgehead atoms. The second-order valence-electron chi connectivity index (χ2n) is 2.40. The van der Waals surface area contributed by atoms with Gasteiger partial charge in [0.2, 0.25) is 0 Å². The van der Waals surface area contributed by atoms with E-state index in [1.807, 2.05) is 12.3 Å². The number of hydrogen-bond donors (Lipinski definition) is 1. The average Bonchev–Trinajstić information content (AvgIpc) is 2.40. The molecule has 1 N–H and O–H groups in total. The van der Waals surface area contributed by atoms with Crippen molar-refractivity contribution in [2.75, 3.05) is 0 Å². The first kappa shape index (κ1) is 5.92. The van der Waals surface area contributed by atoms with Crippen LogP contribution in [0.25, 0.3) is 0 Å².